The summed E-state index contributed by atoms with van der Waals surface area (Å²) in [6.45, 7) is 0. The van der Waals surface area contributed by atoms with Crippen LogP contribution < -0.4 is 15.4 Å². The van der Waals surface area contributed by atoms with E-state index in [1.54, 1.807) is 42.9 Å². The maximum Gasteiger partial charge on any atom is 0.254 e. The number of hydrogen-bond donors (Lipinski definition) is 3. The first kappa shape index (κ1) is 17.5. The molecule has 140 valence electrons. The van der Waals surface area contributed by atoms with Crippen LogP contribution >= 0.6 is 0 Å². The first-order valence-electron chi connectivity index (χ1n) is 8.49. The van der Waals surface area contributed by atoms with Crippen LogP contribution in [0.1, 0.15) is 10.4 Å². The summed E-state index contributed by atoms with van der Waals surface area (Å²) in [7, 11) is 1.53. The quantitative estimate of drug-likeness (QED) is 0.489. The summed E-state index contributed by atoms with van der Waals surface area (Å²) in [5, 5.41) is 6.27. The van der Waals surface area contributed by atoms with Crippen molar-refractivity contribution in [3.8, 4) is 11.5 Å². The van der Waals surface area contributed by atoms with Gasteiger partial charge in [0, 0.05) is 37.4 Å². The lowest BCUT2D eigenvalue weighted by Gasteiger charge is -2.12. The second-order valence-electron chi connectivity index (χ2n) is 5.90. The molecule has 7 nitrogen and oxygen atoms in total. The Morgan fingerprint density at radius 2 is 2.00 bits per heavy atom. The van der Waals surface area contributed by atoms with Gasteiger partial charge in [-0.2, -0.15) is 0 Å². The van der Waals surface area contributed by atoms with E-state index >= 15 is 0 Å². The number of nitrogens with zero attached hydrogens (tertiary/aromatic N) is 2. The van der Waals surface area contributed by atoms with Crippen LogP contribution in [0.15, 0.2) is 61.1 Å². The van der Waals surface area contributed by atoms with Crippen LogP contribution in [-0.2, 0) is 0 Å². The number of fused-ring (bicyclic) bond motifs is 1. The monoisotopic (exact) mass is 377 g/mol. The van der Waals surface area contributed by atoms with E-state index < -0.39 is 5.82 Å². The van der Waals surface area contributed by atoms with Crippen molar-refractivity contribution in [2.24, 2.45) is 0 Å². The van der Waals surface area contributed by atoms with Crippen molar-refractivity contribution >= 4 is 28.4 Å². The third kappa shape index (κ3) is 3.35. The Morgan fingerprint density at radius 3 is 2.82 bits per heavy atom. The molecule has 4 aromatic rings. The molecule has 1 aromatic carbocycles. The molecule has 4 rings (SSSR count). The van der Waals surface area contributed by atoms with Crippen molar-refractivity contribution in [2.45, 2.75) is 0 Å². The second kappa shape index (κ2) is 7.36. The SMILES string of the molecule is CNC(=O)c1cccnc1Nc1ccc(Oc2ccnc3[nH]ccc23)c(F)c1. The average Bonchev–Trinajstić information content (AvgIpc) is 3.20. The normalized spacial score (nSPS) is 10.6. The number of anilines is 2. The van der Waals surface area contributed by atoms with Crippen LogP contribution in [0, 0.1) is 5.82 Å². The molecular weight excluding hydrogens is 361 g/mol. The summed E-state index contributed by atoms with van der Waals surface area (Å²) in [5.74, 6) is 0.0644. The third-order valence-electron chi connectivity index (χ3n) is 4.11. The van der Waals surface area contributed by atoms with Gasteiger partial charge in [-0.05, 0) is 36.4 Å². The molecule has 0 saturated heterocycles. The minimum atomic E-state index is -0.553. The van der Waals surface area contributed by atoms with Crippen molar-refractivity contribution in [3.63, 3.8) is 0 Å². The molecule has 0 unspecified atom stereocenters. The molecule has 0 aliphatic rings. The fourth-order valence-electron chi connectivity index (χ4n) is 2.76. The Hall–Kier alpha value is -3.94. The molecular formula is C20H16FN5O2. The van der Waals surface area contributed by atoms with Gasteiger partial charge >= 0.3 is 0 Å². The number of pyridine rings is 2. The fraction of sp³-hybridized carbons (Fsp3) is 0.0500. The molecule has 0 bridgehead atoms. The van der Waals surface area contributed by atoms with E-state index in [1.807, 2.05) is 6.07 Å². The Balaban J connectivity index is 1.59. The minimum Gasteiger partial charge on any atom is -0.453 e. The number of carbonyl (C=O) groups is 1. The van der Waals surface area contributed by atoms with Crippen LogP contribution in [0.25, 0.3) is 11.0 Å². The number of nitrogens with one attached hydrogen (secondary N) is 3. The Labute approximate surface area is 159 Å². The molecule has 28 heavy (non-hydrogen) atoms. The van der Waals surface area contributed by atoms with E-state index in [2.05, 4.69) is 25.6 Å². The number of hydrogen-bond acceptors (Lipinski definition) is 5. The molecule has 8 heteroatoms. The van der Waals surface area contributed by atoms with Crippen molar-refractivity contribution < 1.29 is 13.9 Å². The fourth-order valence-corrected chi connectivity index (χ4v) is 2.76. The molecule has 0 aliphatic carbocycles. The van der Waals surface area contributed by atoms with Gasteiger partial charge in [-0.1, -0.05) is 0 Å². The van der Waals surface area contributed by atoms with Crippen LogP contribution in [0.4, 0.5) is 15.9 Å². The van der Waals surface area contributed by atoms with Gasteiger partial charge in [-0.25, -0.2) is 14.4 Å². The number of benzene rings is 1. The smallest absolute Gasteiger partial charge is 0.254 e. The summed E-state index contributed by atoms with van der Waals surface area (Å²) in [6.07, 6.45) is 4.88. The summed E-state index contributed by atoms with van der Waals surface area (Å²) in [5.41, 5.74) is 1.46. The van der Waals surface area contributed by atoms with Crippen LogP contribution in [0.3, 0.4) is 0 Å². The first-order chi connectivity index (χ1) is 13.7. The van der Waals surface area contributed by atoms with E-state index in [-0.39, 0.29) is 11.7 Å². The summed E-state index contributed by atoms with van der Waals surface area (Å²) in [4.78, 5) is 23.3. The van der Waals surface area contributed by atoms with E-state index in [9.17, 15) is 9.18 Å². The van der Waals surface area contributed by atoms with Gasteiger partial charge < -0.3 is 20.4 Å². The molecule has 3 N–H and O–H groups in total. The number of aromatic amines is 1. The average molecular weight is 377 g/mol. The van der Waals surface area contributed by atoms with Crippen LogP contribution in [-0.4, -0.2) is 27.9 Å². The zero-order valence-electron chi connectivity index (χ0n) is 14.9. The number of carbonyl (C=O) groups excluding carboxylic acids is 1. The van der Waals surface area contributed by atoms with Gasteiger partial charge in [0.1, 0.15) is 17.2 Å². The minimum absolute atomic E-state index is 0.0757. The molecule has 0 atom stereocenters. The number of H-pyrrole nitrogens is 1. The molecule has 0 aliphatic heterocycles. The van der Waals surface area contributed by atoms with Gasteiger partial charge in [0.05, 0.1) is 10.9 Å². The number of ether oxygens (including phenoxy) is 1. The molecule has 3 heterocycles. The van der Waals surface area contributed by atoms with Crippen molar-refractivity contribution in [1.82, 2.24) is 20.3 Å². The highest BCUT2D eigenvalue weighted by Gasteiger charge is 2.13. The predicted molar refractivity (Wildman–Crippen MR) is 103 cm³/mol. The Morgan fingerprint density at radius 1 is 1.11 bits per heavy atom. The van der Waals surface area contributed by atoms with Crippen molar-refractivity contribution in [3.05, 3.63) is 72.4 Å². The second-order valence-corrected chi connectivity index (χ2v) is 5.90. The molecule has 1 amide bonds. The van der Waals surface area contributed by atoms with Gasteiger partial charge in [0.2, 0.25) is 0 Å². The Kier molecular flexibility index (Phi) is 4.59. The van der Waals surface area contributed by atoms with E-state index in [4.69, 9.17) is 4.74 Å². The van der Waals surface area contributed by atoms with E-state index in [0.29, 0.717) is 28.5 Å². The van der Waals surface area contributed by atoms with Gasteiger partial charge in [-0.15, -0.1) is 0 Å². The zero-order valence-corrected chi connectivity index (χ0v) is 14.9. The molecule has 0 radical (unpaired) electrons. The number of halogens is 1. The maximum absolute atomic E-state index is 14.6. The summed E-state index contributed by atoms with van der Waals surface area (Å²) < 4.78 is 20.3. The molecule has 0 fully saturated rings. The third-order valence-corrected chi connectivity index (χ3v) is 4.11. The first-order valence-corrected chi connectivity index (χ1v) is 8.49. The maximum atomic E-state index is 14.6. The predicted octanol–water partition coefficient (Wildman–Crippen LogP) is 3.99. The van der Waals surface area contributed by atoms with Crippen molar-refractivity contribution in [1.29, 1.82) is 0 Å². The highest BCUT2D eigenvalue weighted by atomic mass is 19.1. The lowest BCUT2D eigenvalue weighted by Crippen LogP contribution is -2.19. The van der Waals surface area contributed by atoms with E-state index in [0.717, 1.165) is 5.39 Å². The Bertz CT molecular complexity index is 1160. The molecule has 3 aromatic heterocycles. The lowest BCUT2D eigenvalue weighted by atomic mass is 10.2. The summed E-state index contributed by atoms with van der Waals surface area (Å²) >= 11 is 0. The topological polar surface area (TPSA) is 91.9 Å². The van der Waals surface area contributed by atoms with Gasteiger partial charge in [-0.3, -0.25) is 4.79 Å². The number of rotatable bonds is 5. The largest absolute Gasteiger partial charge is 0.453 e. The van der Waals surface area contributed by atoms with Crippen LogP contribution in [0.2, 0.25) is 0 Å². The summed E-state index contributed by atoms with van der Waals surface area (Å²) in [6, 6.07) is 11.2. The van der Waals surface area contributed by atoms with Gasteiger partial charge in [0.25, 0.3) is 5.91 Å². The highest BCUT2D eigenvalue weighted by Crippen LogP contribution is 2.31. The highest BCUT2D eigenvalue weighted by molar-refractivity contribution is 5.99. The van der Waals surface area contributed by atoms with Crippen LogP contribution in [0.5, 0.6) is 11.5 Å². The lowest BCUT2D eigenvalue weighted by molar-refractivity contribution is 0.0963. The van der Waals surface area contributed by atoms with Crippen molar-refractivity contribution in [2.75, 3.05) is 12.4 Å². The standard InChI is InChI=1S/C20H16FN5O2/c1-22-20(27)14-3-2-8-23-19(14)26-12-4-5-17(15(21)11-12)28-16-7-10-25-18-13(16)6-9-24-18/h2-11H,1H3,(H,22,27)(H,23,26)(H,24,25). The zero-order chi connectivity index (χ0) is 19.5. The van der Waals surface area contributed by atoms with E-state index in [1.165, 1.54) is 19.2 Å². The molecule has 0 saturated carbocycles. The number of amides is 1. The number of aromatic nitrogens is 3. The van der Waals surface area contributed by atoms with Gasteiger partial charge in [0.15, 0.2) is 11.6 Å². The molecule has 0 spiro atoms.